The normalized spacial score (nSPS) is 23.0. The van der Waals surface area contributed by atoms with Crippen molar-refractivity contribution in [1.82, 2.24) is 0 Å². The minimum atomic E-state index is 0.210. The van der Waals surface area contributed by atoms with E-state index in [1.165, 1.54) is 0 Å². The van der Waals surface area contributed by atoms with Gasteiger partial charge in [-0.3, -0.25) is 4.79 Å². The fraction of sp³-hybridized carbons (Fsp3) is 0.667. The Morgan fingerprint density at radius 3 is 3.09 bits per heavy atom. The molecule has 0 aromatic heterocycles. The first-order valence-electron chi connectivity index (χ1n) is 4.12. The van der Waals surface area contributed by atoms with Crippen LogP contribution < -0.4 is 0 Å². The van der Waals surface area contributed by atoms with Crippen LogP contribution in [-0.4, -0.2) is 19.0 Å². The maximum Gasteiger partial charge on any atom is 0.158 e. The fourth-order valence-corrected chi connectivity index (χ4v) is 1.23. The zero-order valence-electron chi connectivity index (χ0n) is 6.88. The van der Waals surface area contributed by atoms with Gasteiger partial charge < -0.3 is 4.74 Å². The van der Waals surface area contributed by atoms with Gasteiger partial charge >= 0.3 is 0 Å². The molecule has 1 aliphatic rings. The Kier molecular flexibility index (Phi) is 3.30. The van der Waals surface area contributed by atoms with Crippen LogP contribution in [0.2, 0.25) is 0 Å². The van der Waals surface area contributed by atoms with E-state index in [2.05, 4.69) is 0 Å². The molecule has 11 heavy (non-hydrogen) atoms. The first-order valence-corrected chi connectivity index (χ1v) is 4.12. The van der Waals surface area contributed by atoms with Gasteiger partial charge in [-0.15, -0.1) is 0 Å². The van der Waals surface area contributed by atoms with Gasteiger partial charge in [0.05, 0.1) is 0 Å². The van der Waals surface area contributed by atoms with Crippen molar-refractivity contribution in [3.8, 4) is 0 Å². The molecule has 0 aliphatic heterocycles. The van der Waals surface area contributed by atoms with Crippen LogP contribution in [0, 0.1) is 5.92 Å². The Morgan fingerprint density at radius 1 is 1.73 bits per heavy atom. The van der Waals surface area contributed by atoms with Gasteiger partial charge in [0.25, 0.3) is 0 Å². The monoisotopic (exact) mass is 154 g/mol. The lowest BCUT2D eigenvalue weighted by atomic mass is 10.0. The molecular formula is C9H14O2. The summed E-state index contributed by atoms with van der Waals surface area (Å²) in [6.45, 7) is 3.43. The highest BCUT2D eigenvalue weighted by Gasteiger charge is 2.18. The van der Waals surface area contributed by atoms with Crippen LogP contribution >= 0.6 is 0 Å². The van der Waals surface area contributed by atoms with Crippen LogP contribution in [0.5, 0.6) is 0 Å². The maximum atomic E-state index is 11.0. The summed E-state index contributed by atoms with van der Waals surface area (Å²) < 4.78 is 5.16. The summed E-state index contributed by atoms with van der Waals surface area (Å²) in [5.74, 6) is 0.478. The van der Waals surface area contributed by atoms with Crippen molar-refractivity contribution in [2.75, 3.05) is 13.2 Å². The molecule has 0 spiro atoms. The zero-order valence-corrected chi connectivity index (χ0v) is 6.88. The van der Waals surface area contributed by atoms with E-state index in [0.717, 1.165) is 19.4 Å². The predicted octanol–water partition coefficient (Wildman–Crippen LogP) is 1.56. The summed E-state index contributed by atoms with van der Waals surface area (Å²) in [7, 11) is 0. The van der Waals surface area contributed by atoms with Gasteiger partial charge in [0, 0.05) is 19.1 Å². The van der Waals surface area contributed by atoms with E-state index in [9.17, 15) is 4.79 Å². The van der Waals surface area contributed by atoms with Crippen molar-refractivity contribution in [3.05, 3.63) is 12.2 Å². The second-order valence-electron chi connectivity index (χ2n) is 2.72. The molecule has 1 aliphatic carbocycles. The number of rotatable bonds is 4. The summed E-state index contributed by atoms with van der Waals surface area (Å²) in [6.07, 6.45) is 5.40. The molecule has 0 N–H and O–H groups in total. The molecule has 0 amide bonds. The summed E-state index contributed by atoms with van der Waals surface area (Å²) in [4.78, 5) is 11.0. The van der Waals surface area contributed by atoms with Gasteiger partial charge in [0.2, 0.25) is 0 Å². The average Bonchev–Trinajstić information content (AvgIpc) is 2.37. The highest BCUT2D eigenvalue weighted by molar-refractivity contribution is 5.93. The molecule has 1 atom stereocenters. The van der Waals surface area contributed by atoms with Gasteiger partial charge in [0.1, 0.15) is 0 Å². The van der Waals surface area contributed by atoms with Gasteiger partial charge in [-0.1, -0.05) is 6.08 Å². The van der Waals surface area contributed by atoms with E-state index in [4.69, 9.17) is 4.74 Å². The fourth-order valence-electron chi connectivity index (χ4n) is 1.23. The smallest absolute Gasteiger partial charge is 0.158 e. The Labute approximate surface area is 67.2 Å². The van der Waals surface area contributed by atoms with Gasteiger partial charge in [0.15, 0.2) is 5.78 Å². The molecule has 0 fully saturated rings. The van der Waals surface area contributed by atoms with Crippen LogP contribution in [0.25, 0.3) is 0 Å². The Hall–Kier alpha value is -0.630. The second kappa shape index (κ2) is 4.29. The van der Waals surface area contributed by atoms with Crippen molar-refractivity contribution in [1.29, 1.82) is 0 Å². The molecule has 0 radical (unpaired) electrons. The standard InChI is InChI=1S/C9H14O2/c1-2-11-7-6-8-4-3-5-9(8)10/h3,5,8H,2,4,6-7H2,1H3. The first kappa shape index (κ1) is 8.47. The summed E-state index contributed by atoms with van der Waals surface area (Å²) in [6, 6.07) is 0. The topological polar surface area (TPSA) is 26.3 Å². The van der Waals surface area contributed by atoms with Crippen LogP contribution in [0.15, 0.2) is 12.2 Å². The number of allylic oxidation sites excluding steroid dienone is 2. The number of ether oxygens (including phenoxy) is 1. The molecular weight excluding hydrogens is 140 g/mol. The first-order chi connectivity index (χ1) is 5.34. The van der Waals surface area contributed by atoms with Gasteiger partial charge in [-0.2, -0.15) is 0 Å². The van der Waals surface area contributed by atoms with Crippen molar-refractivity contribution in [3.63, 3.8) is 0 Å². The second-order valence-corrected chi connectivity index (χ2v) is 2.72. The van der Waals surface area contributed by atoms with Crippen molar-refractivity contribution < 1.29 is 9.53 Å². The molecule has 62 valence electrons. The molecule has 2 heteroatoms. The average molecular weight is 154 g/mol. The van der Waals surface area contributed by atoms with E-state index < -0.39 is 0 Å². The Morgan fingerprint density at radius 2 is 2.55 bits per heavy atom. The Bertz CT molecular complexity index is 161. The summed E-state index contributed by atoms with van der Waals surface area (Å²) in [5.41, 5.74) is 0. The van der Waals surface area contributed by atoms with E-state index >= 15 is 0 Å². The van der Waals surface area contributed by atoms with E-state index in [1.54, 1.807) is 6.08 Å². The van der Waals surface area contributed by atoms with Crippen molar-refractivity contribution in [2.45, 2.75) is 19.8 Å². The molecule has 0 aromatic carbocycles. The lowest BCUT2D eigenvalue weighted by Gasteiger charge is -2.06. The lowest BCUT2D eigenvalue weighted by molar-refractivity contribution is -0.117. The molecule has 0 heterocycles. The third-order valence-corrected chi connectivity index (χ3v) is 1.92. The molecule has 2 nitrogen and oxygen atoms in total. The van der Waals surface area contributed by atoms with Gasteiger partial charge in [-0.25, -0.2) is 0 Å². The molecule has 1 unspecified atom stereocenters. The third kappa shape index (κ3) is 2.46. The molecule has 1 rings (SSSR count). The molecule has 0 bridgehead atoms. The zero-order chi connectivity index (χ0) is 8.10. The quantitative estimate of drug-likeness (QED) is 0.574. The van der Waals surface area contributed by atoms with E-state index in [1.807, 2.05) is 13.0 Å². The lowest BCUT2D eigenvalue weighted by Crippen LogP contribution is -2.09. The maximum absolute atomic E-state index is 11.0. The van der Waals surface area contributed by atoms with Crippen LogP contribution in [0.1, 0.15) is 19.8 Å². The summed E-state index contributed by atoms with van der Waals surface area (Å²) in [5, 5.41) is 0. The number of hydrogen-bond donors (Lipinski definition) is 0. The van der Waals surface area contributed by atoms with Crippen molar-refractivity contribution in [2.24, 2.45) is 5.92 Å². The molecule has 0 saturated heterocycles. The van der Waals surface area contributed by atoms with E-state index in [-0.39, 0.29) is 11.7 Å². The number of carbonyl (C=O) groups is 1. The van der Waals surface area contributed by atoms with Crippen molar-refractivity contribution >= 4 is 5.78 Å². The minimum absolute atomic E-state index is 0.210. The third-order valence-electron chi connectivity index (χ3n) is 1.92. The number of ketones is 1. The number of carbonyl (C=O) groups excluding carboxylic acids is 1. The Balaban J connectivity index is 2.13. The number of hydrogen-bond acceptors (Lipinski definition) is 2. The SMILES string of the molecule is CCOCCC1CC=CC1=O. The highest BCUT2D eigenvalue weighted by atomic mass is 16.5. The van der Waals surface area contributed by atoms with Crippen LogP contribution in [0.4, 0.5) is 0 Å². The predicted molar refractivity (Wildman–Crippen MR) is 43.4 cm³/mol. The van der Waals surface area contributed by atoms with Crippen LogP contribution in [-0.2, 0) is 9.53 Å². The van der Waals surface area contributed by atoms with E-state index in [0.29, 0.717) is 6.61 Å². The summed E-state index contributed by atoms with van der Waals surface area (Å²) >= 11 is 0. The largest absolute Gasteiger partial charge is 0.382 e. The molecule has 0 saturated carbocycles. The van der Waals surface area contributed by atoms with Gasteiger partial charge in [-0.05, 0) is 25.8 Å². The minimum Gasteiger partial charge on any atom is -0.382 e. The molecule has 0 aromatic rings. The van der Waals surface area contributed by atoms with Crippen LogP contribution in [0.3, 0.4) is 0 Å². The highest BCUT2D eigenvalue weighted by Crippen LogP contribution is 2.17.